The number of ether oxygens (including phenoxy) is 4. The number of rotatable bonds is 5. The van der Waals surface area contributed by atoms with Crippen LogP contribution in [0.15, 0.2) is 40.7 Å². The molecule has 0 aromatic heterocycles. The predicted molar refractivity (Wildman–Crippen MR) is 123 cm³/mol. The molecule has 0 fully saturated rings. The van der Waals surface area contributed by atoms with Crippen molar-refractivity contribution in [3.63, 3.8) is 0 Å². The first-order valence-corrected chi connectivity index (χ1v) is 10.6. The molecule has 0 radical (unpaired) electrons. The SMILES string of the molecule is COc1ccc(OC)c(C2C(C(=O)OC(C)(C)C)=C(C)NC(C)=C2C(=O)OC(C)(C)C)c1. The normalized spacial score (nSPS) is 15.3. The van der Waals surface area contributed by atoms with Gasteiger partial charge in [0.25, 0.3) is 0 Å². The van der Waals surface area contributed by atoms with Crippen LogP contribution in [-0.2, 0) is 19.1 Å². The van der Waals surface area contributed by atoms with Crippen LogP contribution in [0, 0.1) is 0 Å². The van der Waals surface area contributed by atoms with Crippen LogP contribution < -0.4 is 14.8 Å². The van der Waals surface area contributed by atoms with Crippen molar-refractivity contribution < 1.29 is 28.5 Å². The first-order valence-electron chi connectivity index (χ1n) is 10.6. The first-order chi connectivity index (χ1) is 14.7. The molecule has 0 amide bonds. The van der Waals surface area contributed by atoms with Crippen LogP contribution in [0.3, 0.4) is 0 Å². The van der Waals surface area contributed by atoms with Gasteiger partial charge in [-0.2, -0.15) is 0 Å². The molecular formula is C25H35NO6. The number of hydrogen-bond acceptors (Lipinski definition) is 7. The zero-order valence-corrected chi connectivity index (χ0v) is 20.8. The minimum atomic E-state index is -0.772. The third kappa shape index (κ3) is 5.84. The molecule has 1 aromatic rings. The van der Waals surface area contributed by atoms with Gasteiger partial charge < -0.3 is 24.3 Å². The second-order valence-corrected chi connectivity index (χ2v) is 9.75. The van der Waals surface area contributed by atoms with Crippen LogP contribution >= 0.6 is 0 Å². The van der Waals surface area contributed by atoms with Crippen molar-refractivity contribution in [3.8, 4) is 11.5 Å². The van der Waals surface area contributed by atoms with E-state index in [0.29, 0.717) is 39.6 Å². The molecule has 1 N–H and O–H groups in total. The lowest BCUT2D eigenvalue weighted by molar-refractivity contribution is -0.150. The summed E-state index contributed by atoms with van der Waals surface area (Å²) >= 11 is 0. The quantitative estimate of drug-likeness (QED) is 0.662. The highest BCUT2D eigenvalue weighted by molar-refractivity contribution is 6.00. The number of benzene rings is 1. The minimum Gasteiger partial charge on any atom is -0.497 e. The Balaban J connectivity index is 2.78. The molecule has 0 saturated heterocycles. The van der Waals surface area contributed by atoms with Gasteiger partial charge in [-0.15, -0.1) is 0 Å². The molecule has 1 aliphatic rings. The average molecular weight is 446 g/mol. The summed E-state index contributed by atoms with van der Waals surface area (Å²) in [4.78, 5) is 26.7. The maximum Gasteiger partial charge on any atom is 0.337 e. The van der Waals surface area contributed by atoms with Crippen LogP contribution in [0.4, 0.5) is 0 Å². The van der Waals surface area contributed by atoms with Crippen molar-refractivity contribution in [1.29, 1.82) is 0 Å². The standard InChI is InChI=1S/C25H35NO6/c1-14-19(22(27)31-24(3,4)5)21(17-13-16(29-9)11-12-18(17)30-10)20(15(2)26-14)23(28)32-25(6,7)8/h11-13,21,26H,1-10H3. The average Bonchev–Trinajstić information content (AvgIpc) is 2.63. The Hall–Kier alpha value is -2.96. The fraction of sp³-hybridized carbons (Fsp3) is 0.520. The van der Waals surface area contributed by atoms with Crippen LogP contribution in [0.2, 0.25) is 0 Å². The Morgan fingerprint density at radius 3 is 1.66 bits per heavy atom. The van der Waals surface area contributed by atoms with Gasteiger partial charge in [-0.3, -0.25) is 0 Å². The molecule has 1 heterocycles. The zero-order chi connectivity index (χ0) is 24.4. The van der Waals surface area contributed by atoms with E-state index in [1.165, 1.54) is 0 Å². The number of allylic oxidation sites excluding steroid dienone is 2. The fourth-order valence-corrected chi connectivity index (χ4v) is 3.58. The van der Waals surface area contributed by atoms with Crippen molar-refractivity contribution in [1.82, 2.24) is 5.32 Å². The monoisotopic (exact) mass is 445 g/mol. The van der Waals surface area contributed by atoms with E-state index >= 15 is 0 Å². The summed E-state index contributed by atoms with van der Waals surface area (Å²) in [5.74, 6) is -0.731. The van der Waals surface area contributed by atoms with Crippen molar-refractivity contribution in [3.05, 3.63) is 46.3 Å². The fourth-order valence-electron chi connectivity index (χ4n) is 3.58. The number of carbonyl (C=O) groups is 2. The Kier molecular flexibility index (Phi) is 7.33. The summed E-state index contributed by atoms with van der Waals surface area (Å²) in [6.07, 6.45) is 0. The second kappa shape index (κ2) is 9.27. The van der Waals surface area contributed by atoms with Crippen molar-refractivity contribution in [2.45, 2.75) is 72.5 Å². The molecule has 0 bridgehead atoms. The van der Waals surface area contributed by atoms with Gasteiger partial charge in [-0.1, -0.05) is 0 Å². The maximum atomic E-state index is 13.4. The molecule has 176 valence electrons. The maximum absolute atomic E-state index is 13.4. The third-order valence-corrected chi connectivity index (χ3v) is 4.75. The molecule has 0 atom stereocenters. The lowest BCUT2D eigenvalue weighted by Gasteiger charge is -2.33. The number of esters is 2. The van der Waals surface area contributed by atoms with E-state index in [4.69, 9.17) is 18.9 Å². The molecule has 1 aliphatic heterocycles. The number of methoxy groups -OCH3 is 2. The van der Waals surface area contributed by atoms with Crippen molar-refractivity contribution in [2.75, 3.05) is 14.2 Å². The molecule has 1 aromatic carbocycles. The lowest BCUT2D eigenvalue weighted by Crippen LogP contribution is -2.36. The highest BCUT2D eigenvalue weighted by Crippen LogP contribution is 2.44. The summed E-state index contributed by atoms with van der Waals surface area (Å²) in [7, 11) is 3.10. The van der Waals surface area contributed by atoms with E-state index in [1.807, 2.05) is 0 Å². The van der Waals surface area contributed by atoms with E-state index in [1.54, 1.807) is 87.8 Å². The molecule has 0 saturated carbocycles. The van der Waals surface area contributed by atoms with Gasteiger partial charge in [0.2, 0.25) is 0 Å². The number of dihydropyridines is 1. The summed E-state index contributed by atoms with van der Waals surface area (Å²) in [6, 6.07) is 5.28. The Morgan fingerprint density at radius 2 is 1.28 bits per heavy atom. The molecule has 0 spiro atoms. The van der Waals surface area contributed by atoms with E-state index in [-0.39, 0.29) is 0 Å². The molecular weight excluding hydrogens is 410 g/mol. The number of nitrogens with one attached hydrogen (secondary N) is 1. The topological polar surface area (TPSA) is 83.1 Å². The van der Waals surface area contributed by atoms with E-state index in [0.717, 1.165) is 0 Å². The van der Waals surface area contributed by atoms with Gasteiger partial charge in [0, 0.05) is 17.0 Å². The van der Waals surface area contributed by atoms with E-state index < -0.39 is 29.1 Å². The van der Waals surface area contributed by atoms with Crippen LogP contribution in [0.1, 0.15) is 66.9 Å². The summed E-state index contributed by atoms with van der Waals surface area (Å²) in [6.45, 7) is 14.4. The smallest absolute Gasteiger partial charge is 0.337 e. The molecule has 32 heavy (non-hydrogen) atoms. The molecule has 0 aliphatic carbocycles. The number of hydrogen-bond donors (Lipinski definition) is 1. The first kappa shape index (κ1) is 25.3. The Labute approximate surface area is 190 Å². The third-order valence-electron chi connectivity index (χ3n) is 4.75. The summed E-state index contributed by atoms with van der Waals surface area (Å²) in [5.41, 5.74) is 1.01. The van der Waals surface area contributed by atoms with Gasteiger partial charge in [0.1, 0.15) is 22.7 Å². The molecule has 0 unspecified atom stereocenters. The van der Waals surface area contributed by atoms with Gasteiger partial charge in [0.15, 0.2) is 0 Å². The number of carbonyl (C=O) groups excluding carboxylic acids is 2. The molecule has 7 heteroatoms. The highest BCUT2D eigenvalue weighted by Gasteiger charge is 2.41. The summed E-state index contributed by atoms with van der Waals surface area (Å²) < 4.78 is 22.4. The zero-order valence-electron chi connectivity index (χ0n) is 20.8. The summed E-state index contributed by atoms with van der Waals surface area (Å²) in [5, 5.41) is 3.16. The Bertz CT molecular complexity index is 910. The van der Waals surface area contributed by atoms with Crippen molar-refractivity contribution in [2.24, 2.45) is 0 Å². The van der Waals surface area contributed by atoms with Gasteiger partial charge >= 0.3 is 11.9 Å². The second-order valence-electron chi connectivity index (χ2n) is 9.75. The van der Waals surface area contributed by atoms with Crippen LogP contribution in [0.5, 0.6) is 11.5 Å². The highest BCUT2D eigenvalue weighted by atomic mass is 16.6. The van der Waals surface area contributed by atoms with Gasteiger partial charge in [-0.05, 0) is 73.6 Å². The largest absolute Gasteiger partial charge is 0.497 e. The van der Waals surface area contributed by atoms with E-state index in [9.17, 15) is 9.59 Å². The van der Waals surface area contributed by atoms with Gasteiger partial charge in [-0.25, -0.2) is 9.59 Å². The van der Waals surface area contributed by atoms with Crippen LogP contribution in [0.25, 0.3) is 0 Å². The lowest BCUT2D eigenvalue weighted by atomic mass is 9.79. The molecule has 2 rings (SSSR count). The van der Waals surface area contributed by atoms with E-state index in [2.05, 4.69) is 5.32 Å². The van der Waals surface area contributed by atoms with Crippen LogP contribution in [-0.4, -0.2) is 37.4 Å². The van der Waals surface area contributed by atoms with Crippen molar-refractivity contribution >= 4 is 11.9 Å². The Morgan fingerprint density at radius 1 is 0.812 bits per heavy atom. The minimum absolute atomic E-state index is 0.318. The van der Waals surface area contributed by atoms with Gasteiger partial charge in [0.05, 0.1) is 31.3 Å². The predicted octanol–water partition coefficient (Wildman–Crippen LogP) is 4.62. The molecule has 7 nitrogen and oxygen atoms in total.